The number of ether oxygens (including phenoxy) is 3. The molecule has 0 aliphatic heterocycles. The van der Waals surface area contributed by atoms with Gasteiger partial charge in [-0.15, -0.1) is 0 Å². The number of allylic oxidation sites excluding steroid dienone is 10. The van der Waals surface area contributed by atoms with Crippen molar-refractivity contribution in [1.82, 2.24) is 0 Å². The molecule has 0 saturated heterocycles. The molecule has 484 valence electrons. The number of unbranched alkanes of at least 4 members (excludes halogenated alkanes) is 47. The zero-order valence-electron chi connectivity index (χ0n) is 55.7. The summed E-state index contributed by atoms with van der Waals surface area (Å²) in [5.41, 5.74) is 0. The molecule has 83 heavy (non-hydrogen) atoms. The molecular weight excluding hydrogens is 1020 g/mol. The Morgan fingerprint density at radius 3 is 0.735 bits per heavy atom. The number of rotatable bonds is 68. The topological polar surface area (TPSA) is 78.9 Å². The molecule has 6 heteroatoms. The Bertz CT molecular complexity index is 1470. The Morgan fingerprint density at radius 2 is 0.470 bits per heavy atom. The van der Waals surface area contributed by atoms with Crippen LogP contribution < -0.4 is 0 Å². The van der Waals surface area contributed by atoms with E-state index >= 15 is 0 Å². The summed E-state index contributed by atoms with van der Waals surface area (Å²) < 4.78 is 17.0. The van der Waals surface area contributed by atoms with Crippen molar-refractivity contribution < 1.29 is 28.6 Å². The van der Waals surface area contributed by atoms with E-state index in [1.54, 1.807) is 0 Å². The van der Waals surface area contributed by atoms with Crippen molar-refractivity contribution in [1.29, 1.82) is 0 Å². The summed E-state index contributed by atoms with van der Waals surface area (Å²) in [5.74, 6) is -0.884. The average molecular weight is 1160 g/mol. The van der Waals surface area contributed by atoms with Gasteiger partial charge in [-0.2, -0.15) is 0 Å². The summed E-state index contributed by atoms with van der Waals surface area (Å²) in [6.45, 7) is 6.58. The maximum absolute atomic E-state index is 13.0. The van der Waals surface area contributed by atoms with Crippen LogP contribution in [0.1, 0.15) is 393 Å². The second-order valence-corrected chi connectivity index (χ2v) is 24.8. The van der Waals surface area contributed by atoms with E-state index in [4.69, 9.17) is 14.2 Å². The van der Waals surface area contributed by atoms with E-state index in [0.29, 0.717) is 19.3 Å². The van der Waals surface area contributed by atoms with Gasteiger partial charge in [-0.25, -0.2) is 0 Å². The maximum Gasteiger partial charge on any atom is 0.306 e. The molecule has 6 nitrogen and oxygen atoms in total. The standard InChI is InChI=1S/C77H140O6/c1-4-7-10-13-16-19-22-25-28-31-34-36-38-39-41-43-46-49-52-55-58-61-64-67-70-76(79)82-73-74(72-81-75(78)69-66-63-60-57-54-51-48-45-42-33-30-27-24-21-18-15-12-9-6-3)83-77(80)71-68-65-62-59-56-53-50-47-44-40-37-35-32-29-26-23-20-17-14-11-8-5-2/h9,12,18,21,27,30,42,45,51,54,74H,4-8,10-11,13-17,19-20,22-26,28-29,31-41,43-44,46-50,52-53,55-73H2,1-3H3/b12-9-,21-18-,30-27-,45-42-,54-51-. The molecule has 0 spiro atoms. The summed E-state index contributed by atoms with van der Waals surface area (Å²) >= 11 is 0. The lowest BCUT2D eigenvalue weighted by molar-refractivity contribution is -0.167. The fraction of sp³-hybridized carbons (Fsp3) is 0.831. The van der Waals surface area contributed by atoms with Crippen LogP contribution in [-0.4, -0.2) is 37.2 Å². The smallest absolute Gasteiger partial charge is 0.306 e. The quantitative estimate of drug-likeness (QED) is 0.0261. The third kappa shape index (κ3) is 69.8. The largest absolute Gasteiger partial charge is 0.462 e. The van der Waals surface area contributed by atoms with Crippen molar-refractivity contribution in [2.24, 2.45) is 0 Å². The maximum atomic E-state index is 13.0. The minimum absolute atomic E-state index is 0.0795. The van der Waals surface area contributed by atoms with E-state index in [1.807, 2.05) is 0 Å². The van der Waals surface area contributed by atoms with Gasteiger partial charge in [0.15, 0.2) is 6.10 Å². The SMILES string of the molecule is CC/C=C\C/C=C\C/C=C\C/C=C\C/C=C\CCCCCC(=O)OCC(COC(=O)CCCCCCCCCCCCCCCCCCCCCCCCCC)OC(=O)CCCCCCCCCCCCCCCCCCCCCCCC. The van der Waals surface area contributed by atoms with Crippen LogP contribution in [0.3, 0.4) is 0 Å². The van der Waals surface area contributed by atoms with E-state index in [-0.39, 0.29) is 31.1 Å². The second-order valence-electron chi connectivity index (χ2n) is 24.8. The average Bonchev–Trinajstić information content (AvgIpc) is 3.49. The van der Waals surface area contributed by atoms with Crippen LogP contribution in [-0.2, 0) is 28.6 Å². The van der Waals surface area contributed by atoms with E-state index in [2.05, 4.69) is 81.5 Å². The molecule has 0 aromatic carbocycles. The van der Waals surface area contributed by atoms with Gasteiger partial charge >= 0.3 is 17.9 Å². The lowest BCUT2D eigenvalue weighted by atomic mass is 10.0. The van der Waals surface area contributed by atoms with E-state index in [1.165, 1.54) is 257 Å². The number of hydrogen-bond donors (Lipinski definition) is 0. The number of hydrogen-bond acceptors (Lipinski definition) is 6. The molecule has 0 aliphatic rings. The summed E-state index contributed by atoms with van der Waals surface area (Å²) in [4.78, 5) is 38.5. The lowest BCUT2D eigenvalue weighted by Crippen LogP contribution is -2.30. The highest BCUT2D eigenvalue weighted by Gasteiger charge is 2.19. The Hall–Kier alpha value is -2.89. The van der Waals surface area contributed by atoms with Gasteiger partial charge in [0.2, 0.25) is 0 Å². The van der Waals surface area contributed by atoms with Crippen LogP contribution >= 0.6 is 0 Å². The van der Waals surface area contributed by atoms with Crippen molar-refractivity contribution in [2.45, 2.75) is 399 Å². The number of carbonyl (C=O) groups excluding carboxylic acids is 3. The van der Waals surface area contributed by atoms with Gasteiger partial charge in [-0.1, -0.05) is 370 Å². The zero-order chi connectivity index (χ0) is 59.9. The van der Waals surface area contributed by atoms with Crippen LogP contribution in [0, 0.1) is 0 Å². The Balaban J connectivity index is 4.34. The third-order valence-corrected chi connectivity index (χ3v) is 16.5. The molecule has 1 atom stereocenters. The molecule has 0 bridgehead atoms. The van der Waals surface area contributed by atoms with Gasteiger partial charge in [-0.3, -0.25) is 14.4 Å². The first kappa shape index (κ1) is 80.1. The molecule has 0 aromatic heterocycles. The molecule has 0 rings (SSSR count). The van der Waals surface area contributed by atoms with Gasteiger partial charge in [0.1, 0.15) is 13.2 Å². The first-order valence-corrected chi connectivity index (χ1v) is 36.8. The molecule has 1 unspecified atom stereocenters. The monoisotopic (exact) mass is 1160 g/mol. The predicted octanol–water partition coefficient (Wildman–Crippen LogP) is 25.5. The van der Waals surface area contributed by atoms with Crippen molar-refractivity contribution in [3.8, 4) is 0 Å². The second kappa shape index (κ2) is 71.6. The van der Waals surface area contributed by atoms with Gasteiger partial charge < -0.3 is 14.2 Å². The summed E-state index contributed by atoms with van der Waals surface area (Å²) in [5, 5.41) is 0. The van der Waals surface area contributed by atoms with Crippen LogP contribution in [0.2, 0.25) is 0 Å². The van der Waals surface area contributed by atoms with E-state index in [9.17, 15) is 14.4 Å². The fourth-order valence-corrected chi connectivity index (χ4v) is 11.1. The van der Waals surface area contributed by atoms with Crippen LogP contribution in [0.15, 0.2) is 60.8 Å². The highest BCUT2D eigenvalue weighted by atomic mass is 16.6. The molecular formula is C77H140O6. The molecule has 0 N–H and O–H groups in total. The van der Waals surface area contributed by atoms with Crippen LogP contribution in [0.4, 0.5) is 0 Å². The third-order valence-electron chi connectivity index (χ3n) is 16.5. The highest BCUT2D eigenvalue weighted by molar-refractivity contribution is 5.71. The Morgan fingerprint density at radius 1 is 0.253 bits per heavy atom. The first-order chi connectivity index (χ1) is 41.0. The predicted molar refractivity (Wildman–Crippen MR) is 362 cm³/mol. The molecule has 0 aromatic rings. The van der Waals surface area contributed by atoms with Crippen molar-refractivity contribution >= 4 is 17.9 Å². The normalized spacial score (nSPS) is 12.4. The fourth-order valence-electron chi connectivity index (χ4n) is 11.1. The molecule has 0 saturated carbocycles. The van der Waals surface area contributed by atoms with Crippen molar-refractivity contribution in [3.05, 3.63) is 60.8 Å². The molecule has 0 aliphatic carbocycles. The minimum Gasteiger partial charge on any atom is -0.462 e. The number of esters is 3. The first-order valence-electron chi connectivity index (χ1n) is 36.8. The van der Waals surface area contributed by atoms with E-state index in [0.717, 1.165) is 96.3 Å². The summed E-state index contributed by atoms with van der Waals surface area (Å²) in [6.07, 6.45) is 92.6. The van der Waals surface area contributed by atoms with Gasteiger partial charge in [0.25, 0.3) is 0 Å². The van der Waals surface area contributed by atoms with Crippen molar-refractivity contribution in [2.75, 3.05) is 13.2 Å². The lowest BCUT2D eigenvalue weighted by Gasteiger charge is -2.18. The molecule has 0 radical (unpaired) electrons. The molecule has 0 heterocycles. The van der Waals surface area contributed by atoms with E-state index < -0.39 is 6.10 Å². The van der Waals surface area contributed by atoms with Crippen molar-refractivity contribution in [3.63, 3.8) is 0 Å². The van der Waals surface area contributed by atoms with Gasteiger partial charge in [0, 0.05) is 19.3 Å². The number of carbonyl (C=O) groups is 3. The van der Waals surface area contributed by atoms with Gasteiger partial charge in [-0.05, 0) is 64.2 Å². The summed E-state index contributed by atoms with van der Waals surface area (Å²) in [7, 11) is 0. The Labute approximate surface area is 517 Å². The van der Waals surface area contributed by atoms with Crippen LogP contribution in [0.5, 0.6) is 0 Å². The zero-order valence-corrected chi connectivity index (χ0v) is 55.7. The minimum atomic E-state index is -0.787. The van der Waals surface area contributed by atoms with Crippen LogP contribution in [0.25, 0.3) is 0 Å². The molecule has 0 fully saturated rings. The molecule has 0 amide bonds. The highest BCUT2D eigenvalue weighted by Crippen LogP contribution is 2.19. The Kier molecular flexibility index (Phi) is 69.1. The van der Waals surface area contributed by atoms with Gasteiger partial charge in [0.05, 0.1) is 0 Å². The summed E-state index contributed by atoms with van der Waals surface area (Å²) in [6, 6.07) is 0.